The summed E-state index contributed by atoms with van der Waals surface area (Å²) in [5.41, 5.74) is 0. The van der Waals surface area contributed by atoms with Gasteiger partial charge in [-0.2, -0.15) is 0 Å². The molecular formula is C3H3AsSb. The van der Waals surface area contributed by atoms with Crippen LogP contribution in [0.25, 0.3) is 0 Å². The van der Waals surface area contributed by atoms with Crippen LogP contribution in [0.3, 0.4) is 0 Å². The molecule has 0 aliphatic carbocycles. The van der Waals surface area contributed by atoms with Crippen molar-refractivity contribution in [2.45, 2.75) is 5.21 Å². The summed E-state index contributed by atoms with van der Waals surface area (Å²) >= 11 is 1.09. The fourth-order valence-electron chi connectivity index (χ4n) is 0.204. The van der Waals surface area contributed by atoms with E-state index in [1.54, 1.807) is 0 Å². The van der Waals surface area contributed by atoms with E-state index >= 15 is 0 Å². The van der Waals surface area contributed by atoms with Gasteiger partial charge >= 0.3 is 45.6 Å². The van der Waals surface area contributed by atoms with Crippen molar-refractivity contribution in [2.24, 2.45) is 0 Å². The molecule has 0 saturated carbocycles. The van der Waals surface area contributed by atoms with Crippen molar-refractivity contribution in [3.63, 3.8) is 0 Å². The van der Waals surface area contributed by atoms with Crippen LogP contribution in [0.4, 0.5) is 0 Å². The first-order valence-corrected chi connectivity index (χ1v) is 10.8. The first-order valence-electron chi connectivity index (χ1n) is 1.44. The molecule has 0 aromatic carbocycles. The molecule has 0 unspecified atom stereocenters. The number of allylic oxidation sites excluding steroid dienone is 1. The topological polar surface area (TPSA) is 0 Å². The summed E-state index contributed by atoms with van der Waals surface area (Å²) in [6, 6.07) is 0. The zero-order valence-electron chi connectivity index (χ0n) is 2.68. The monoisotopic (exact) mass is 235 g/mol. The Morgan fingerprint density at radius 2 is 3.00 bits per heavy atom. The van der Waals surface area contributed by atoms with Crippen molar-refractivity contribution < 1.29 is 0 Å². The minimum absolute atomic E-state index is 0.255. The molecule has 0 atom stereocenters. The van der Waals surface area contributed by atoms with Gasteiger partial charge in [0, 0.05) is 0 Å². The van der Waals surface area contributed by atoms with Gasteiger partial charge in [-0.25, -0.2) is 0 Å². The second-order valence-electron chi connectivity index (χ2n) is 0.757. The van der Waals surface area contributed by atoms with E-state index < -0.39 is 0 Å². The van der Waals surface area contributed by atoms with Crippen molar-refractivity contribution in [2.75, 3.05) is 0 Å². The maximum absolute atomic E-state index is 3.29. The van der Waals surface area contributed by atoms with E-state index in [4.69, 9.17) is 0 Å². The summed E-state index contributed by atoms with van der Waals surface area (Å²) in [6.07, 6.45) is 2.22. The Bertz CT molecular complexity index is 65.0. The molecule has 0 amide bonds. The van der Waals surface area contributed by atoms with Crippen LogP contribution in [0.15, 0.2) is 6.08 Å². The molecule has 25 valence electrons. The third-order valence-corrected chi connectivity index (χ3v) is 8.41. The zero-order chi connectivity index (χ0) is 3.54. The predicted molar refractivity (Wildman–Crippen MR) is 24.1 cm³/mol. The molecule has 1 rings (SSSR count). The summed E-state index contributed by atoms with van der Waals surface area (Å²) in [4.78, 5) is 0. The standard InChI is InChI=1S/C3H3As.Sb/c1-2-3-4;/h2H,3H2;. The average molecular weight is 236 g/mol. The summed E-state index contributed by atoms with van der Waals surface area (Å²) in [5, 5.41) is 1.42. The van der Waals surface area contributed by atoms with Gasteiger partial charge in [0.25, 0.3) is 0 Å². The number of rotatable bonds is 0. The van der Waals surface area contributed by atoms with Crippen molar-refractivity contribution in [1.82, 2.24) is 0 Å². The van der Waals surface area contributed by atoms with E-state index in [1.165, 1.54) is 5.21 Å². The molecule has 1 aliphatic rings. The Balaban J connectivity index is 2.61. The molecule has 1 aliphatic heterocycles. The van der Waals surface area contributed by atoms with E-state index in [-0.39, 0.29) is 18.5 Å². The third-order valence-electron chi connectivity index (χ3n) is 0.393. The maximum atomic E-state index is 3.29. The Labute approximate surface area is 45.4 Å². The van der Waals surface area contributed by atoms with E-state index in [1.807, 2.05) is 0 Å². The Hall–Kier alpha value is 1.12. The summed E-state index contributed by atoms with van der Waals surface area (Å²) < 4.78 is 3.29. The minimum atomic E-state index is 0.255. The second kappa shape index (κ2) is 2.32. The third kappa shape index (κ3) is 1.33. The molecule has 0 aromatic rings. The van der Waals surface area contributed by atoms with Crippen molar-refractivity contribution in [1.29, 1.82) is 0 Å². The SMILES string of the molecule is [C]1=CC[As]=[Sb]1. The van der Waals surface area contributed by atoms with Crippen LogP contribution in [0.1, 0.15) is 0 Å². The molecule has 1 radical (unpaired) electrons. The van der Waals surface area contributed by atoms with Crippen LogP contribution in [0.2, 0.25) is 5.21 Å². The molecule has 0 spiro atoms. The van der Waals surface area contributed by atoms with Crippen LogP contribution in [0, 0.1) is 4.02 Å². The van der Waals surface area contributed by atoms with E-state index in [9.17, 15) is 0 Å². The summed E-state index contributed by atoms with van der Waals surface area (Å²) in [5.74, 6) is 0. The van der Waals surface area contributed by atoms with E-state index in [2.05, 4.69) is 10.1 Å². The summed E-state index contributed by atoms with van der Waals surface area (Å²) in [7, 11) is 0. The van der Waals surface area contributed by atoms with Crippen LogP contribution in [-0.4, -0.2) is 30.2 Å². The Morgan fingerprint density at radius 1 is 2.00 bits per heavy atom. The Kier molecular flexibility index (Phi) is 1.98. The van der Waals surface area contributed by atoms with Gasteiger partial charge in [-0.1, -0.05) is 0 Å². The van der Waals surface area contributed by atoms with E-state index in [0.717, 1.165) is 11.7 Å². The van der Waals surface area contributed by atoms with Gasteiger partial charge in [0.15, 0.2) is 0 Å². The van der Waals surface area contributed by atoms with Gasteiger partial charge < -0.3 is 0 Å². The molecule has 0 fully saturated rings. The van der Waals surface area contributed by atoms with Gasteiger partial charge in [-0.15, -0.1) is 0 Å². The normalized spacial score (nSPS) is 20.8. The van der Waals surface area contributed by atoms with Gasteiger partial charge in [-0.3, -0.25) is 0 Å². The number of hydrogen-bond acceptors (Lipinski definition) is 0. The van der Waals surface area contributed by atoms with Crippen LogP contribution < -0.4 is 0 Å². The fourth-order valence-corrected chi connectivity index (χ4v) is 7.12. The van der Waals surface area contributed by atoms with Crippen LogP contribution in [-0.2, 0) is 0 Å². The van der Waals surface area contributed by atoms with Crippen LogP contribution >= 0.6 is 0 Å². The fraction of sp³-hybridized carbons (Fsp3) is 0.333. The van der Waals surface area contributed by atoms with Crippen molar-refractivity contribution in [3.8, 4) is 0 Å². The molecule has 0 saturated heterocycles. The van der Waals surface area contributed by atoms with Gasteiger partial charge in [-0.05, 0) is 0 Å². The number of hydrogen-bond donors (Lipinski definition) is 0. The van der Waals surface area contributed by atoms with Gasteiger partial charge in [0.05, 0.1) is 0 Å². The molecular weight excluding hydrogens is 233 g/mol. The van der Waals surface area contributed by atoms with Gasteiger partial charge in [0.1, 0.15) is 0 Å². The molecule has 5 heavy (non-hydrogen) atoms. The molecule has 2 heteroatoms. The second-order valence-corrected chi connectivity index (χ2v) is 10.4. The van der Waals surface area contributed by atoms with Crippen LogP contribution in [0.5, 0.6) is 0 Å². The molecule has 0 nitrogen and oxygen atoms in total. The van der Waals surface area contributed by atoms with Crippen molar-refractivity contribution in [3.05, 3.63) is 10.1 Å². The first kappa shape index (κ1) is 4.28. The Morgan fingerprint density at radius 3 is 3.20 bits per heavy atom. The molecule has 0 aromatic heterocycles. The predicted octanol–water partition coefficient (Wildman–Crippen LogP) is 0.0586. The summed E-state index contributed by atoms with van der Waals surface area (Å²) in [6.45, 7) is 0. The van der Waals surface area contributed by atoms with Gasteiger partial charge in [0.2, 0.25) is 0 Å². The average Bonchev–Trinajstić information content (AvgIpc) is 1.76. The molecule has 1 heterocycles. The molecule has 0 bridgehead atoms. The quantitative estimate of drug-likeness (QED) is 0.521. The zero-order valence-corrected chi connectivity index (χ0v) is 7.11. The molecule has 0 N–H and O–H groups in total. The van der Waals surface area contributed by atoms with Crippen molar-refractivity contribution >= 4 is 30.2 Å². The first-order chi connectivity index (χ1) is 2.50. The van der Waals surface area contributed by atoms with E-state index in [0.29, 0.717) is 0 Å².